The fraction of sp³-hybridized carbons (Fsp3) is 0.583. The third-order valence-electron chi connectivity index (χ3n) is 6.84. The van der Waals surface area contributed by atoms with Gasteiger partial charge in [-0.05, 0) is 57.9 Å². The second-order valence-electron chi connectivity index (χ2n) is 9.57. The van der Waals surface area contributed by atoms with Crippen molar-refractivity contribution in [3.8, 4) is 10.6 Å². The molecule has 3 atom stereocenters. The van der Waals surface area contributed by atoms with Gasteiger partial charge in [-0.3, -0.25) is 4.98 Å². The molecule has 3 aromatic rings. The van der Waals surface area contributed by atoms with Crippen LogP contribution in [-0.2, 0) is 6.42 Å². The van der Waals surface area contributed by atoms with Gasteiger partial charge in [0.15, 0.2) is 0 Å². The molecule has 5 rings (SSSR count). The number of rotatable bonds is 8. The first-order valence-corrected chi connectivity index (χ1v) is 12.7. The van der Waals surface area contributed by atoms with Gasteiger partial charge in [0.05, 0.1) is 33.8 Å². The smallest absolute Gasteiger partial charge is 0.224 e. The fourth-order valence-corrected chi connectivity index (χ4v) is 5.61. The average Bonchev–Trinajstić information content (AvgIpc) is 3.45. The summed E-state index contributed by atoms with van der Waals surface area (Å²) in [5.41, 5.74) is 2.38. The van der Waals surface area contributed by atoms with Crippen molar-refractivity contribution in [2.24, 2.45) is 5.92 Å². The summed E-state index contributed by atoms with van der Waals surface area (Å²) in [5.74, 6) is 1.92. The van der Waals surface area contributed by atoms with Gasteiger partial charge in [-0.15, -0.1) is 11.3 Å². The molecule has 0 radical (unpaired) electrons. The first-order chi connectivity index (χ1) is 15.9. The Morgan fingerprint density at radius 3 is 2.70 bits per heavy atom. The second-order valence-corrected chi connectivity index (χ2v) is 10.6. The Hall–Kier alpha value is -2.36. The number of anilines is 2. The Bertz CT molecular complexity index is 1160. The van der Waals surface area contributed by atoms with Gasteiger partial charge in [0.1, 0.15) is 21.9 Å². The summed E-state index contributed by atoms with van der Waals surface area (Å²) in [6.45, 7) is 6.67. The van der Waals surface area contributed by atoms with Crippen LogP contribution in [-0.4, -0.2) is 54.4 Å². The zero-order valence-electron chi connectivity index (χ0n) is 19.4. The molecule has 0 saturated heterocycles. The number of aryl methyl sites for hydroxylation is 2. The highest BCUT2D eigenvalue weighted by Gasteiger charge is 2.45. The van der Waals surface area contributed by atoms with E-state index in [0.29, 0.717) is 30.5 Å². The zero-order chi connectivity index (χ0) is 23.2. The lowest BCUT2D eigenvalue weighted by molar-refractivity contribution is -0.0439. The van der Waals surface area contributed by atoms with Gasteiger partial charge >= 0.3 is 0 Å². The number of nitrogens with one attached hydrogen (secondary N) is 2. The molecular weight excluding hydrogens is 436 g/mol. The van der Waals surface area contributed by atoms with E-state index in [0.717, 1.165) is 51.6 Å². The van der Waals surface area contributed by atoms with E-state index in [-0.39, 0.29) is 6.04 Å². The Kier molecular flexibility index (Phi) is 5.96. The average molecular weight is 469 g/mol. The summed E-state index contributed by atoms with van der Waals surface area (Å²) in [5, 5.41) is 28.8. The van der Waals surface area contributed by atoms with Gasteiger partial charge in [-0.2, -0.15) is 4.98 Å². The third-order valence-corrected chi connectivity index (χ3v) is 7.88. The van der Waals surface area contributed by atoms with Gasteiger partial charge in [0.2, 0.25) is 5.95 Å². The maximum Gasteiger partial charge on any atom is 0.224 e. The normalized spacial score (nSPS) is 25.0. The van der Waals surface area contributed by atoms with E-state index < -0.39 is 11.7 Å². The number of fused-ring (bicyclic) bond motifs is 1. The van der Waals surface area contributed by atoms with Gasteiger partial charge < -0.3 is 20.8 Å². The number of pyridine rings is 1. The van der Waals surface area contributed by atoms with Crippen molar-refractivity contribution >= 4 is 33.3 Å². The Labute approximate surface area is 197 Å². The fourth-order valence-electron chi connectivity index (χ4n) is 4.53. The number of aliphatic hydroxyl groups is 2. The van der Waals surface area contributed by atoms with E-state index in [9.17, 15) is 10.2 Å². The number of aliphatic hydroxyl groups excluding tert-OH is 1. The summed E-state index contributed by atoms with van der Waals surface area (Å²) in [6, 6.07) is 1.69. The molecule has 9 heteroatoms. The zero-order valence-corrected chi connectivity index (χ0v) is 20.2. The van der Waals surface area contributed by atoms with E-state index in [1.54, 1.807) is 18.3 Å². The van der Waals surface area contributed by atoms with E-state index in [4.69, 9.17) is 15.0 Å². The van der Waals surface area contributed by atoms with Crippen molar-refractivity contribution in [2.75, 3.05) is 17.2 Å². The molecule has 2 fully saturated rings. The first kappa shape index (κ1) is 22.4. The van der Waals surface area contributed by atoms with Crippen molar-refractivity contribution < 1.29 is 10.2 Å². The van der Waals surface area contributed by atoms with Gasteiger partial charge in [0.25, 0.3) is 0 Å². The van der Waals surface area contributed by atoms with Gasteiger partial charge in [-0.25, -0.2) is 9.97 Å². The number of hydrogen-bond acceptors (Lipinski definition) is 9. The molecule has 0 amide bonds. The molecule has 0 aromatic carbocycles. The van der Waals surface area contributed by atoms with Crippen LogP contribution in [0.25, 0.3) is 20.8 Å². The summed E-state index contributed by atoms with van der Waals surface area (Å²) < 4.78 is 1.09. The predicted molar refractivity (Wildman–Crippen MR) is 132 cm³/mol. The molecule has 3 aromatic heterocycles. The monoisotopic (exact) mass is 468 g/mol. The summed E-state index contributed by atoms with van der Waals surface area (Å²) in [7, 11) is 0. The van der Waals surface area contributed by atoms with Crippen LogP contribution < -0.4 is 10.6 Å². The maximum absolute atomic E-state index is 10.9. The van der Waals surface area contributed by atoms with E-state index in [2.05, 4.69) is 22.5 Å². The molecule has 0 aliphatic heterocycles. The number of nitrogens with zero attached hydrogens (tertiary/aromatic N) is 4. The number of hydrogen-bond donors (Lipinski definition) is 4. The summed E-state index contributed by atoms with van der Waals surface area (Å²) in [6.07, 6.45) is 6.67. The molecule has 176 valence electrons. The molecule has 1 unspecified atom stereocenters. The minimum Gasteiger partial charge on any atom is -0.390 e. The van der Waals surface area contributed by atoms with E-state index in [1.807, 2.05) is 19.2 Å². The van der Waals surface area contributed by atoms with E-state index >= 15 is 0 Å². The van der Waals surface area contributed by atoms with Crippen LogP contribution in [0.4, 0.5) is 11.8 Å². The van der Waals surface area contributed by atoms with Crippen molar-refractivity contribution in [2.45, 2.75) is 77.0 Å². The molecule has 8 nitrogen and oxygen atoms in total. The summed E-state index contributed by atoms with van der Waals surface area (Å²) in [4.78, 5) is 19.1. The molecule has 3 heterocycles. The number of aromatic nitrogens is 4. The molecule has 33 heavy (non-hydrogen) atoms. The quantitative estimate of drug-likeness (QED) is 0.393. The summed E-state index contributed by atoms with van der Waals surface area (Å²) >= 11 is 1.61. The van der Waals surface area contributed by atoms with Crippen LogP contribution in [0.15, 0.2) is 12.3 Å². The molecule has 2 aliphatic carbocycles. The second kappa shape index (κ2) is 8.77. The van der Waals surface area contributed by atoms with Crippen molar-refractivity contribution in [1.29, 1.82) is 0 Å². The molecule has 0 spiro atoms. The highest BCUT2D eigenvalue weighted by atomic mass is 32.1. The Morgan fingerprint density at radius 2 is 2.00 bits per heavy atom. The topological polar surface area (TPSA) is 116 Å². The molecule has 2 saturated carbocycles. The van der Waals surface area contributed by atoms with Gasteiger partial charge in [0, 0.05) is 12.7 Å². The van der Waals surface area contributed by atoms with E-state index in [1.165, 1.54) is 12.8 Å². The molecule has 4 N–H and O–H groups in total. The van der Waals surface area contributed by atoms with Crippen LogP contribution in [0.5, 0.6) is 0 Å². The minimum absolute atomic E-state index is 0.316. The van der Waals surface area contributed by atoms with Crippen molar-refractivity contribution in [1.82, 2.24) is 19.9 Å². The van der Waals surface area contributed by atoms with Crippen molar-refractivity contribution in [3.63, 3.8) is 0 Å². The Balaban J connectivity index is 1.56. The lowest BCUT2D eigenvalue weighted by Crippen LogP contribution is -2.47. The molecule has 0 bridgehead atoms. The largest absolute Gasteiger partial charge is 0.390 e. The molecular formula is C24H32N6O2S. The number of thiazole rings is 1. The minimum atomic E-state index is -1.23. The van der Waals surface area contributed by atoms with Crippen LogP contribution in [0.1, 0.15) is 57.3 Å². The van der Waals surface area contributed by atoms with Gasteiger partial charge in [-0.1, -0.05) is 13.3 Å². The molecule has 2 aliphatic rings. The van der Waals surface area contributed by atoms with Crippen molar-refractivity contribution in [3.05, 3.63) is 23.7 Å². The Morgan fingerprint density at radius 1 is 1.18 bits per heavy atom. The predicted octanol–water partition coefficient (Wildman–Crippen LogP) is 3.92. The van der Waals surface area contributed by atoms with Crippen LogP contribution in [0.3, 0.4) is 0 Å². The maximum atomic E-state index is 10.9. The van der Waals surface area contributed by atoms with Crippen LogP contribution >= 0.6 is 11.3 Å². The first-order valence-electron chi connectivity index (χ1n) is 11.9. The van der Waals surface area contributed by atoms with Crippen LogP contribution in [0.2, 0.25) is 0 Å². The lowest BCUT2D eigenvalue weighted by atomic mass is 9.98. The van der Waals surface area contributed by atoms with Crippen LogP contribution in [0, 0.1) is 12.8 Å². The SMILES string of the molecule is CCCc1nccc2sc(-c3c(C)nc(NCC4CC4)nc3NC3CC[C@@H](O)[C@@]3(C)O)nc12. The standard InChI is InChI=1S/C24H32N6O2S/c1-4-5-15-20-16(10-11-25-15)33-22(29-20)19-13(2)27-23(26-12-14-6-7-14)30-21(19)28-17-8-9-18(31)24(17,3)32/h10-11,14,17-18,31-32H,4-9,12H2,1-3H3,(H2,26,27,28,30)/t17?,18-,24+/m1/s1. The highest BCUT2D eigenvalue weighted by molar-refractivity contribution is 7.21. The highest BCUT2D eigenvalue weighted by Crippen LogP contribution is 2.39. The third kappa shape index (κ3) is 4.41. The lowest BCUT2D eigenvalue weighted by Gasteiger charge is -2.30.